The molecule has 0 radical (unpaired) electrons. The predicted octanol–water partition coefficient (Wildman–Crippen LogP) is 2.87. The fourth-order valence-corrected chi connectivity index (χ4v) is 3.72. The van der Waals surface area contributed by atoms with Crippen LogP contribution < -0.4 is 5.73 Å². The highest BCUT2D eigenvalue weighted by molar-refractivity contribution is 5.78. The average molecular weight is 371 g/mol. The van der Waals surface area contributed by atoms with Crippen LogP contribution in [0.25, 0.3) is 11.1 Å². The van der Waals surface area contributed by atoms with Gasteiger partial charge in [0.25, 0.3) is 0 Å². The van der Waals surface area contributed by atoms with Crippen LogP contribution in [0, 0.1) is 5.82 Å². The smallest absolute Gasteiger partial charge is 0.236 e. The number of hydrogen-bond donors (Lipinski definition) is 1. The molecule has 0 spiro atoms. The van der Waals surface area contributed by atoms with Crippen LogP contribution in [0.15, 0.2) is 30.5 Å². The van der Waals surface area contributed by atoms with E-state index < -0.39 is 0 Å². The van der Waals surface area contributed by atoms with Gasteiger partial charge in [-0.2, -0.15) is 0 Å². The molecular formula is C20H26FN5O. The Labute approximate surface area is 159 Å². The molecule has 1 aliphatic rings. The van der Waals surface area contributed by atoms with E-state index >= 15 is 0 Å². The molecule has 1 amide bonds. The number of carbonyl (C=O) groups is 1. The first-order valence-corrected chi connectivity index (χ1v) is 9.43. The average Bonchev–Trinajstić information content (AvgIpc) is 3.10. The Morgan fingerprint density at radius 2 is 2.15 bits per heavy atom. The summed E-state index contributed by atoms with van der Waals surface area (Å²) in [5.41, 5.74) is 8.09. The van der Waals surface area contributed by atoms with Crippen molar-refractivity contribution in [1.82, 2.24) is 19.8 Å². The van der Waals surface area contributed by atoms with Gasteiger partial charge in [-0.1, -0.05) is 12.1 Å². The quantitative estimate of drug-likeness (QED) is 0.845. The second kappa shape index (κ2) is 8.43. The van der Waals surface area contributed by atoms with Crippen LogP contribution in [0.4, 0.5) is 10.3 Å². The van der Waals surface area contributed by atoms with Crippen molar-refractivity contribution < 1.29 is 9.18 Å². The SMILES string of the molecule is CCN(CC)C(=O)CN1CCC[C@@H]1c1nc(N)ncc1-c1cccc(F)c1. The number of aromatic nitrogens is 2. The molecule has 1 saturated heterocycles. The largest absolute Gasteiger partial charge is 0.368 e. The maximum Gasteiger partial charge on any atom is 0.236 e. The fourth-order valence-electron chi connectivity index (χ4n) is 3.72. The molecule has 2 aromatic rings. The van der Waals surface area contributed by atoms with E-state index in [0.717, 1.165) is 30.6 Å². The third kappa shape index (κ3) is 4.24. The summed E-state index contributed by atoms with van der Waals surface area (Å²) in [7, 11) is 0. The summed E-state index contributed by atoms with van der Waals surface area (Å²) < 4.78 is 13.7. The molecule has 0 unspecified atom stereocenters. The minimum absolute atomic E-state index is 0.0342. The molecule has 6 nitrogen and oxygen atoms in total. The molecule has 2 N–H and O–H groups in total. The number of benzene rings is 1. The van der Waals surface area contributed by atoms with Gasteiger partial charge in [0.05, 0.1) is 18.3 Å². The van der Waals surface area contributed by atoms with Crippen molar-refractivity contribution >= 4 is 11.9 Å². The normalized spacial score (nSPS) is 17.2. The van der Waals surface area contributed by atoms with Gasteiger partial charge >= 0.3 is 0 Å². The molecular weight excluding hydrogens is 345 g/mol. The van der Waals surface area contributed by atoms with Crippen LogP contribution in [0.2, 0.25) is 0 Å². The van der Waals surface area contributed by atoms with Crippen LogP contribution in [-0.2, 0) is 4.79 Å². The Kier molecular flexibility index (Phi) is 6.01. The van der Waals surface area contributed by atoms with Gasteiger partial charge in [-0.3, -0.25) is 9.69 Å². The molecule has 0 saturated carbocycles. The Morgan fingerprint density at radius 1 is 1.37 bits per heavy atom. The van der Waals surface area contributed by atoms with Gasteiger partial charge in [0.15, 0.2) is 0 Å². The lowest BCUT2D eigenvalue weighted by Gasteiger charge is -2.28. The third-order valence-electron chi connectivity index (χ3n) is 5.11. The van der Waals surface area contributed by atoms with E-state index in [9.17, 15) is 9.18 Å². The van der Waals surface area contributed by atoms with Crippen molar-refractivity contribution in [3.8, 4) is 11.1 Å². The summed E-state index contributed by atoms with van der Waals surface area (Å²) >= 11 is 0. The molecule has 1 atom stereocenters. The first-order chi connectivity index (χ1) is 13.0. The first kappa shape index (κ1) is 19.2. The first-order valence-electron chi connectivity index (χ1n) is 9.43. The van der Waals surface area contributed by atoms with Gasteiger partial charge in [0, 0.05) is 24.8 Å². The molecule has 144 valence electrons. The van der Waals surface area contributed by atoms with Crippen LogP contribution in [-0.4, -0.2) is 51.9 Å². The van der Waals surface area contributed by atoms with E-state index in [-0.39, 0.29) is 23.7 Å². The topological polar surface area (TPSA) is 75.4 Å². The summed E-state index contributed by atoms with van der Waals surface area (Å²) in [5, 5.41) is 0. The predicted molar refractivity (Wildman–Crippen MR) is 103 cm³/mol. The highest BCUT2D eigenvalue weighted by Gasteiger charge is 2.31. The van der Waals surface area contributed by atoms with Gasteiger partial charge in [0.2, 0.25) is 11.9 Å². The number of carbonyl (C=O) groups excluding carboxylic acids is 1. The fraction of sp³-hybridized carbons (Fsp3) is 0.450. The van der Waals surface area contributed by atoms with Gasteiger partial charge in [0.1, 0.15) is 5.82 Å². The minimum Gasteiger partial charge on any atom is -0.368 e. The molecule has 7 heteroatoms. The lowest BCUT2D eigenvalue weighted by Crippen LogP contribution is -2.40. The second-order valence-electron chi connectivity index (χ2n) is 6.73. The van der Waals surface area contributed by atoms with Crippen LogP contribution in [0.3, 0.4) is 0 Å². The zero-order valence-electron chi connectivity index (χ0n) is 15.9. The number of nitrogen functional groups attached to an aromatic ring is 1. The monoisotopic (exact) mass is 371 g/mol. The Balaban J connectivity index is 1.92. The molecule has 2 heterocycles. The number of halogens is 1. The zero-order valence-corrected chi connectivity index (χ0v) is 15.9. The molecule has 1 aliphatic heterocycles. The number of likely N-dealkylation sites (N-methyl/N-ethyl adjacent to an activating group) is 1. The van der Waals surface area contributed by atoms with Gasteiger partial charge in [-0.05, 0) is 50.9 Å². The lowest BCUT2D eigenvalue weighted by molar-refractivity contribution is -0.132. The van der Waals surface area contributed by atoms with Gasteiger partial charge in [-0.25, -0.2) is 14.4 Å². The number of likely N-dealkylation sites (tertiary alicyclic amines) is 1. The van der Waals surface area contributed by atoms with Crippen molar-refractivity contribution in [1.29, 1.82) is 0 Å². The molecule has 1 fully saturated rings. The molecule has 1 aromatic carbocycles. The molecule has 1 aromatic heterocycles. The van der Waals surface area contributed by atoms with Crippen molar-refractivity contribution in [3.05, 3.63) is 42.0 Å². The maximum atomic E-state index is 13.7. The van der Waals surface area contributed by atoms with Crippen molar-refractivity contribution in [2.45, 2.75) is 32.7 Å². The van der Waals surface area contributed by atoms with Crippen molar-refractivity contribution in [2.24, 2.45) is 0 Å². The summed E-state index contributed by atoms with van der Waals surface area (Å²) in [4.78, 5) is 25.1. The third-order valence-corrected chi connectivity index (χ3v) is 5.11. The lowest BCUT2D eigenvalue weighted by atomic mass is 9.99. The molecule has 0 bridgehead atoms. The van der Waals surface area contributed by atoms with E-state index in [1.807, 2.05) is 24.8 Å². The number of nitrogens with zero attached hydrogens (tertiary/aromatic N) is 4. The highest BCUT2D eigenvalue weighted by atomic mass is 19.1. The summed E-state index contributed by atoms with van der Waals surface area (Å²) in [6.45, 7) is 6.53. The summed E-state index contributed by atoms with van der Waals surface area (Å²) in [5.74, 6) is -0.0106. The van der Waals surface area contributed by atoms with Crippen molar-refractivity contribution in [2.75, 3.05) is 31.9 Å². The Morgan fingerprint density at radius 3 is 2.85 bits per heavy atom. The Hall–Kier alpha value is -2.54. The summed E-state index contributed by atoms with van der Waals surface area (Å²) in [6.07, 6.45) is 3.50. The summed E-state index contributed by atoms with van der Waals surface area (Å²) in [6, 6.07) is 6.35. The van der Waals surface area contributed by atoms with E-state index in [2.05, 4.69) is 14.9 Å². The Bertz CT molecular complexity index is 809. The number of nitrogens with two attached hydrogens (primary N) is 1. The van der Waals surface area contributed by atoms with Crippen LogP contribution in [0.1, 0.15) is 38.4 Å². The minimum atomic E-state index is -0.310. The van der Waals surface area contributed by atoms with E-state index in [1.54, 1.807) is 12.3 Å². The second-order valence-corrected chi connectivity index (χ2v) is 6.73. The van der Waals surface area contributed by atoms with Gasteiger partial charge < -0.3 is 10.6 Å². The zero-order chi connectivity index (χ0) is 19.4. The van der Waals surface area contributed by atoms with Gasteiger partial charge in [-0.15, -0.1) is 0 Å². The maximum absolute atomic E-state index is 13.7. The number of anilines is 1. The molecule has 3 rings (SSSR count). The van der Waals surface area contributed by atoms with Crippen LogP contribution in [0.5, 0.6) is 0 Å². The highest BCUT2D eigenvalue weighted by Crippen LogP contribution is 2.36. The standard InChI is InChI=1S/C20H26FN5O/c1-3-25(4-2)18(27)13-26-10-6-9-17(26)19-16(12-23-20(22)24-19)14-7-5-8-15(21)11-14/h5,7-8,11-12,17H,3-4,6,9-10,13H2,1-2H3,(H2,22,23,24)/t17-/m1/s1. The van der Waals surface area contributed by atoms with Crippen LogP contribution >= 0.6 is 0 Å². The van der Waals surface area contributed by atoms with E-state index in [0.29, 0.717) is 25.2 Å². The number of hydrogen-bond acceptors (Lipinski definition) is 5. The molecule has 0 aliphatic carbocycles. The molecule has 27 heavy (non-hydrogen) atoms. The number of rotatable bonds is 6. The van der Waals surface area contributed by atoms with Crippen molar-refractivity contribution in [3.63, 3.8) is 0 Å². The van der Waals surface area contributed by atoms with E-state index in [1.165, 1.54) is 12.1 Å². The van der Waals surface area contributed by atoms with E-state index in [4.69, 9.17) is 5.73 Å². The number of amides is 1.